The molecule has 0 saturated carbocycles. The first-order valence-corrected chi connectivity index (χ1v) is 8.26. The highest BCUT2D eigenvalue weighted by molar-refractivity contribution is 14.1. The van der Waals surface area contributed by atoms with Crippen LogP contribution in [0.1, 0.15) is 6.42 Å². The summed E-state index contributed by atoms with van der Waals surface area (Å²) in [6.07, 6.45) is 0.745. The van der Waals surface area contributed by atoms with Crippen molar-refractivity contribution in [2.75, 3.05) is 4.43 Å². The standard InChI is InChI=1S/C6H8BI2O3S/c8-2-3-1-4-5(7-3)6(9)12-13(4,10)11/h3-6H,1-2H2. The minimum absolute atomic E-state index is 0.116. The van der Waals surface area contributed by atoms with Crippen molar-refractivity contribution in [2.45, 2.75) is 27.4 Å². The highest BCUT2D eigenvalue weighted by Gasteiger charge is 2.52. The maximum absolute atomic E-state index is 11.5. The molecule has 0 N–H and O–H groups in total. The molecule has 2 heterocycles. The molecule has 0 aliphatic carbocycles. The number of halogens is 2. The maximum Gasteiger partial charge on any atom is 0.270 e. The summed E-state index contributed by atoms with van der Waals surface area (Å²) >= 11 is 4.37. The van der Waals surface area contributed by atoms with Crippen molar-refractivity contribution in [3.05, 3.63) is 0 Å². The first kappa shape index (κ1) is 10.9. The number of fused-ring (bicyclic) bond motifs is 1. The minimum Gasteiger partial charge on any atom is -0.256 e. The van der Waals surface area contributed by atoms with E-state index in [0.717, 1.165) is 10.8 Å². The van der Waals surface area contributed by atoms with Crippen LogP contribution in [0.5, 0.6) is 0 Å². The lowest BCUT2D eigenvalue weighted by Gasteiger charge is -2.07. The van der Waals surface area contributed by atoms with Crippen LogP contribution in [0.2, 0.25) is 11.6 Å². The third kappa shape index (κ3) is 1.90. The molecular formula is C6H8BI2O3S. The summed E-state index contributed by atoms with van der Waals surface area (Å²) in [6, 6.07) is 0. The zero-order chi connectivity index (χ0) is 9.64. The van der Waals surface area contributed by atoms with Crippen LogP contribution < -0.4 is 0 Å². The van der Waals surface area contributed by atoms with Gasteiger partial charge in [-0.25, -0.2) is 0 Å². The molecule has 0 spiro atoms. The molecule has 0 aromatic rings. The van der Waals surface area contributed by atoms with Crippen molar-refractivity contribution >= 4 is 62.6 Å². The first-order valence-electron chi connectivity index (χ1n) is 4.01. The zero-order valence-electron chi connectivity index (χ0n) is 6.69. The smallest absolute Gasteiger partial charge is 0.256 e. The summed E-state index contributed by atoms with van der Waals surface area (Å²) in [4.78, 5) is 0. The molecule has 0 amide bonds. The fourth-order valence-electron chi connectivity index (χ4n) is 1.92. The molecule has 2 aliphatic rings. The molecule has 0 aromatic carbocycles. The van der Waals surface area contributed by atoms with Gasteiger partial charge in [-0.1, -0.05) is 28.4 Å². The van der Waals surface area contributed by atoms with Crippen LogP contribution in [0, 0.1) is 0 Å². The Bertz CT molecular complexity index is 307. The van der Waals surface area contributed by atoms with Gasteiger partial charge >= 0.3 is 0 Å². The second-order valence-electron chi connectivity index (χ2n) is 3.40. The monoisotopic (exact) mass is 425 g/mol. The normalized spacial score (nSPS) is 47.2. The third-order valence-electron chi connectivity index (χ3n) is 2.56. The van der Waals surface area contributed by atoms with Gasteiger partial charge in [0.15, 0.2) is 0 Å². The first-order chi connectivity index (χ1) is 6.04. The number of hydrogen-bond acceptors (Lipinski definition) is 3. The van der Waals surface area contributed by atoms with E-state index >= 15 is 0 Å². The molecule has 2 rings (SSSR count). The second kappa shape index (κ2) is 3.78. The predicted molar refractivity (Wildman–Crippen MR) is 68.4 cm³/mol. The van der Waals surface area contributed by atoms with E-state index in [4.69, 9.17) is 4.18 Å². The van der Waals surface area contributed by atoms with Crippen LogP contribution in [0.15, 0.2) is 0 Å². The number of rotatable bonds is 1. The highest BCUT2D eigenvalue weighted by atomic mass is 127. The van der Waals surface area contributed by atoms with Crippen LogP contribution >= 0.6 is 45.2 Å². The molecule has 2 aliphatic heterocycles. The van der Waals surface area contributed by atoms with Gasteiger partial charge in [-0.3, -0.25) is 4.18 Å². The van der Waals surface area contributed by atoms with Gasteiger partial charge in [0.25, 0.3) is 10.1 Å². The highest BCUT2D eigenvalue weighted by Crippen LogP contribution is 2.48. The fraction of sp³-hybridized carbons (Fsp3) is 1.00. The van der Waals surface area contributed by atoms with Crippen LogP contribution in [-0.4, -0.2) is 29.5 Å². The molecule has 0 bridgehead atoms. The summed E-state index contributed by atoms with van der Waals surface area (Å²) in [5, 5.41) is -0.269. The van der Waals surface area contributed by atoms with Crippen molar-refractivity contribution in [1.82, 2.24) is 0 Å². The predicted octanol–water partition coefficient (Wildman–Crippen LogP) is 1.60. The van der Waals surface area contributed by atoms with E-state index in [9.17, 15) is 8.42 Å². The van der Waals surface area contributed by atoms with Crippen molar-refractivity contribution in [3.63, 3.8) is 0 Å². The van der Waals surface area contributed by atoms with E-state index in [0.29, 0.717) is 5.82 Å². The summed E-state index contributed by atoms with van der Waals surface area (Å²) in [6.45, 7) is 0. The van der Waals surface area contributed by atoms with Gasteiger partial charge in [0.1, 0.15) is 11.4 Å². The largest absolute Gasteiger partial charge is 0.270 e. The second-order valence-corrected chi connectivity index (χ2v) is 7.29. The quantitative estimate of drug-likeness (QED) is 0.278. The summed E-state index contributed by atoms with van der Waals surface area (Å²) in [5.74, 6) is 0.567. The molecule has 7 heteroatoms. The number of hydrogen-bond donors (Lipinski definition) is 0. The Labute approximate surface area is 106 Å². The van der Waals surface area contributed by atoms with Crippen LogP contribution in [-0.2, 0) is 14.3 Å². The molecule has 0 aromatic heterocycles. The maximum atomic E-state index is 11.5. The lowest BCUT2D eigenvalue weighted by atomic mass is 9.61. The van der Waals surface area contributed by atoms with Gasteiger partial charge in [-0.05, 0) is 39.3 Å². The Morgan fingerprint density at radius 1 is 1.54 bits per heavy atom. The Kier molecular flexibility index (Phi) is 3.18. The van der Waals surface area contributed by atoms with Crippen LogP contribution in [0.3, 0.4) is 0 Å². The van der Waals surface area contributed by atoms with Crippen molar-refractivity contribution in [1.29, 1.82) is 0 Å². The Hall–Kier alpha value is 1.43. The molecule has 13 heavy (non-hydrogen) atoms. The van der Waals surface area contributed by atoms with Gasteiger partial charge in [-0.2, -0.15) is 8.42 Å². The molecule has 73 valence electrons. The molecule has 4 unspecified atom stereocenters. The van der Waals surface area contributed by atoms with Crippen molar-refractivity contribution < 1.29 is 12.6 Å². The fourth-order valence-corrected chi connectivity index (χ4v) is 6.09. The van der Waals surface area contributed by atoms with Crippen molar-refractivity contribution in [2.24, 2.45) is 0 Å². The van der Waals surface area contributed by atoms with E-state index in [2.05, 4.69) is 52.5 Å². The van der Waals surface area contributed by atoms with Crippen LogP contribution in [0.25, 0.3) is 0 Å². The summed E-state index contributed by atoms with van der Waals surface area (Å²) < 4.78 is 28.7. The average molecular weight is 425 g/mol. The molecule has 4 atom stereocenters. The number of alkyl halides is 2. The van der Waals surface area contributed by atoms with E-state index in [-0.39, 0.29) is 15.2 Å². The van der Waals surface area contributed by atoms with E-state index in [1.165, 1.54) is 0 Å². The van der Waals surface area contributed by atoms with Crippen molar-refractivity contribution in [3.8, 4) is 0 Å². The molecule has 3 nitrogen and oxygen atoms in total. The molecule has 2 saturated heterocycles. The van der Waals surface area contributed by atoms with Gasteiger partial charge in [0.2, 0.25) is 0 Å². The average Bonchev–Trinajstić information content (AvgIpc) is 2.53. The lowest BCUT2D eigenvalue weighted by molar-refractivity contribution is 0.337. The molecule has 1 radical (unpaired) electrons. The van der Waals surface area contributed by atoms with E-state index in [1.54, 1.807) is 0 Å². The SMILES string of the molecule is O=S1(=O)OC(I)C2[B]C(CI)CC21. The lowest BCUT2D eigenvalue weighted by Crippen LogP contribution is -2.14. The van der Waals surface area contributed by atoms with E-state index < -0.39 is 10.1 Å². The Balaban J connectivity index is 2.23. The van der Waals surface area contributed by atoms with Gasteiger partial charge in [0, 0.05) is 0 Å². The molecule has 2 fully saturated rings. The molecular weight excluding hydrogens is 417 g/mol. The van der Waals surface area contributed by atoms with Crippen LogP contribution in [0.4, 0.5) is 0 Å². The third-order valence-corrected chi connectivity index (χ3v) is 6.84. The van der Waals surface area contributed by atoms with E-state index in [1.807, 2.05) is 0 Å². The Morgan fingerprint density at radius 2 is 2.23 bits per heavy atom. The Morgan fingerprint density at radius 3 is 2.77 bits per heavy atom. The minimum atomic E-state index is -3.26. The van der Waals surface area contributed by atoms with Gasteiger partial charge in [0.05, 0.1) is 5.25 Å². The van der Waals surface area contributed by atoms with Gasteiger partial charge < -0.3 is 0 Å². The summed E-state index contributed by atoms with van der Waals surface area (Å²) in [5.41, 5.74) is 0. The van der Waals surface area contributed by atoms with Gasteiger partial charge in [-0.15, -0.1) is 0 Å². The zero-order valence-corrected chi connectivity index (χ0v) is 11.8. The summed E-state index contributed by atoms with van der Waals surface area (Å²) in [7, 11) is -1.11. The topological polar surface area (TPSA) is 43.4 Å².